The lowest BCUT2D eigenvalue weighted by Crippen LogP contribution is -1.93. The van der Waals surface area contributed by atoms with Crippen LogP contribution in [-0.4, -0.2) is 24.9 Å². The van der Waals surface area contributed by atoms with E-state index in [1.54, 1.807) is 17.5 Å². The number of aliphatic imine (C=N–C) groups is 1. The lowest BCUT2D eigenvalue weighted by Gasteiger charge is -2.05. The van der Waals surface area contributed by atoms with Crippen molar-refractivity contribution in [1.29, 1.82) is 0 Å². The van der Waals surface area contributed by atoms with Crippen molar-refractivity contribution in [2.45, 2.75) is 19.6 Å². The highest BCUT2D eigenvalue weighted by molar-refractivity contribution is 7.15. The van der Waals surface area contributed by atoms with E-state index in [9.17, 15) is 0 Å². The quantitative estimate of drug-likeness (QED) is 0.773. The number of pyridine rings is 1. The van der Waals surface area contributed by atoms with E-state index in [1.807, 2.05) is 18.2 Å². The Kier molecular flexibility index (Phi) is 4.77. The van der Waals surface area contributed by atoms with Gasteiger partial charge in [-0.15, -0.1) is 11.3 Å². The van der Waals surface area contributed by atoms with Gasteiger partial charge in [-0.3, -0.25) is 9.98 Å². The Morgan fingerprint density at radius 3 is 2.95 bits per heavy atom. The lowest BCUT2D eigenvalue weighted by atomic mass is 10.1. The van der Waals surface area contributed by atoms with E-state index < -0.39 is 0 Å². The first-order valence-electron chi connectivity index (χ1n) is 7.28. The molecule has 1 saturated heterocycles. The molecular weight excluding hydrogens is 296 g/mol. The maximum absolute atomic E-state index is 5.54. The number of thiophene rings is 1. The average Bonchev–Trinajstić information content (AvgIpc) is 3.23. The summed E-state index contributed by atoms with van der Waals surface area (Å²) in [6.45, 7) is 7.02. The minimum atomic E-state index is -0.217. The zero-order valence-corrected chi connectivity index (χ0v) is 13.3. The largest absolute Gasteiger partial charge is 0.345 e. The fraction of sp³-hybridized carbons (Fsp3) is 0.294. The Labute approximate surface area is 134 Å². The van der Waals surface area contributed by atoms with Gasteiger partial charge in [-0.25, -0.2) is 0 Å². The summed E-state index contributed by atoms with van der Waals surface area (Å²) in [5.41, 5.74) is 2.78. The van der Waals surface area contributed by atoms with Crippen molar-refractivity contribution in [3.63, 3.8) is 0 Å². The smallest absolute Gasteiger partial charge is 0.193 e. The zero-order valence-electron chi connectivity index (χ0n) is 12.5. The zero-order chi connectivity index (χ0) is 15.4. The number of hydrogen-bond donors (Lipinski definition) is 0. The second kappa shape index (κ2) is 6.96. The Hall–Kier alpha value is -1.82. The summed E-state index contributed by atoms with van der Waals surface area (Å²) in [7, 11) is 0. The number of aromatic nitrogens is 1. The molecule has 0 bridgehead atoms. The van der Waals surface area contributed by atoms with Crippen LogP contribution in [0.15, 0.2) is 41.5 Å². The monoisotopic (exact) mass is 314 g/mol. The van der Waals surface area contributed by atoms with Crippen LogP contribution in [0.25, 0.3) is 16.1 Å². The summed E-state index contributed by atoms with van der Waals surface area (Å²) in [6.07, 6.45) is 4.52. The van der Waals surface area contributed by atoms with Gasteiger partial charge < -0.3 is 9.47 Å². The second-order valence-corrected chi connectivity index (χ2v) is 5.98. The molecule has 0 atom stereocenters. The number of hydrogen-bond acceptors (Lipinski definition) is 5. The molecule has 22 heavy (non-hydrogen) atoms. The van der Waals surface area contributed by atoms with Gasteiger partial charge in [-0.05, 0) is 43.0 Å². The van der Waals surface area contributed by atoms with Gasteiger partial charge in [-0.1, -0.05) is 13.0 Å². The van der Waals surface area contributed by atoms with Crippen LogP contribution in [0.1, 0.15) is 30.2 Å². The van der Waals surface area contributed by atoms with Crippen LogP contribution in [0.5, 0.6) is 0 Å². The molecule has 0 unspecified atom stereocenters. The predicted octanol–water partition coefficient (Wildman–Crippen LogP) is 4.31. The molecule has 0 aliphatic carbocycles. The average molecular weight is 314 g/mol. The molecule has 0 amide bonds. The molecule has 1 fully saturated rings. The summed E-state index contributed by atoms with van der Waals surface area (Å²) in [5.74, 6) is 0. The molecule has 0 spiro atoms. The minimum absolute atomic E-state index is 0.217. The molecule has 4 nitrogen and oxygen atoms in total. The highest BCUT2D eigenvalue weighted by Gasteiger charge is 2.20. The Bertz CT molecular complexity index is 687. The lowest BCUT2D eigenvalue weighted by molar-refractivity contribution is -0.0413. The summed E-state index contributed by atoms with van der Waals surface area (Å²) < 4.78 is 11.1. The van der Waals surface area contributed by atoms with Crippen molar-refractivity contribution >= 4 is 23.8 Å². The molecule has 0 radical (unpaired) electrons. The van der Waals surface area contributed by atoms with E-state index in [-0.39, 0.29) is 6.29 Å². The van der Waals surface area contributed by atoms with E-state index in [0.29, 0.717) is 13.2 Å². The van der Waals surface area contributed by atoms with Gasteiger partial charge in [0.05, 0.1) is 29.5 Å². The third-order valence-electron chi connectivity index (χ3n) is 3.36. The number of nitrogens with zero attached hydrogens (tertiary/aromatic N) is 2. The number of ether oxygens (including phenoxy) is 2. The van der Waals surface area contributed by atoms with Crippen LogP contribution in [0, 0.1) is 0 Å². The van der Waals surface area contributed by atoms with Crippen molar-refractivity contribution in [3.05, 3.63) is 47.1 Å². The normalized spacial score (nSPS) is 16.1. The molecule has 3 heterocycles. The van der Waals surface area contributed by atoms with Crippen molar-refractivity contribution < 1.29 is 9.47 Å². The SMILES string of the molecule is C=N/C(=C\CC)c1cc(-c2ccc(C3OCCO3)s2)ccn1. The summed E-state index contributed by atoms with van der Waals surface area (Å²) in [4.78, 5) is 10.7. The van der Waals surface area contributed by atoms with Crippen LogP contribution < -0.4 is 0 Å². The summed E-state index contributed by atoms with van der Waals surface area (Å²) in [6, 6.07) is 8.20. The maximum atomic E-state index is 5.54. The van der Waals surface area contributed by atoms with Gasteiger partial charge >= 0.3 is 0 Å². The Morgan fingerprint density at radius 2 is 2.23 bits per heavy atom. The van der Waals surface area contributed by atoms with Crippen molar-refractivity contribution in [1.82, 2.24) is 4.98 Å². The van der Waals surface area contributed by atoms with Crippen LogP contribution in [0.2, 0.25) is 0 Å². The van der Waals surface area contributed by atoms with Crippen molar-refractivity contribution in [2.24, 2.45) is 4.99 Å². The van der Waals surface area contributed by atoms with E-state index in [0.717, 1.165) is 33.1 Å². The highest BCUT2D eigenvalue weighted by Crippen LogP contribution is 2.35. The Balaban J connectivity index is 1.89. The first-order chi connectivity index (χ1) is 10.8. The number of rotatable bonds is 5. The molecule has 2 aromatic heterocycles. The van der Waals surface area contributed by atoms with Gasteiger partial charge in [0.1, 0.15) is 0 Å². The van der Waals surface area contributed by atoms with Gasteiger partial charge in [0.15, 0.2) is 6.29 Å². The summed E-state index contributed by atoms with van der Waals surface area (Å²) >= 11 is 1.68. The standard InChI is InChI=1S/C17H18N2O2S/c1-3-4-13(18-2)14-11-12(7-8-19-14)15-5-6-16(22-15)17-20-9-10-21-17/h4-8,11,17H,2-3,9-10H2,1H3/b13-4-. The predicted molar refractivity (Wildman–Crippen MR) is 90.0 cm³/mol. The van der Waals surface area contributed by atoms with Crippen LogP contribution in [0.4, 0.5) is 0 Å². The second-order valence-electron chi connectivity index (χ2n) is 4.86. The van der Waals surface area contributed by atoms with E-state index >= 15 is 0 Å². The van der Waals surface area contributed by atoms with Crippen LogP contribution in [-0.2, 0) is 9.47 Å². The van der Waals surface area contributed by atoms with Crippen LogP contribution in [0.3, 0.4) is 0 Å². The van der Waals surface area contributed by atoms with E-state index in [2.05, 4.69) is 35.8 Å². The van der Waals surface area contributed by atoms with Gasteiger partial charge in [0.25, 0.3) is 0 Å². The van der Waals surface area contributed by atoms with Crippen molar-refractivity contribution in [3.8, 4) is 10.4 Å². The topological polar surface area (TPSA) is 43.7 Å². The first-order valence-corrected chi connectivity index (χ1v) is 8.10. The maximum Gasteiger partial charge on any atom is 0.193 e. The molecule has 2 aromatic rings. The third-order valence-corrected chi connectivity index (χ3v) is 4.51. The van der Waals surface area contributed by atoms with Gasteiger partial charge in [0, 0.05) is 11.1 Å². The fourth-order valence-corrected chi connectivity index (χ4v) is 3.33. The van der Waals surface area contributed by atoms with Crippen LogP contribution >= 0.6 is 11.3 Å². The highest BCUT2D eigenvalue weighted by atomic mass is 32.1. The molecule has 114 valence electrons. The Morgan fingerprint density at radius 1 is 1.41 bits per heavy atom. The summed E-state index contributed by atoms with van der Waals surface area (Å²) in [5, 5.41) is 0. The van der Waals surface area contributed by atoms with E-state index in [1.165, 1.54) is 0 Å². The molecule has 3 rings (SSSR count). The molecule has 0 aromatic carbocycles. The molecule has 1 aliphatic rings. The molecule has 0 saturated carbocycles. The van der Waals surface area contributed by atoms with E-state index in [4.69, 9.17) is 9.47 Å². The van der Waals surface area contributed by atoms with Crippen molar-refractivity contribution in [2.75, 3.05) is 13.2 Å². The van der Waals surface area contributed by atoms with Gasteiger partial charge in [0.2, 0.25) is 0 Å². The van der Waals surface area contributed by atoms with Gasteiger partial charge in [-0.2, -0.15) is 0 Å². The molecular formula is C17H18N2O2S. The molecule has 1 aliphatic heterocycles. The number of allylic oxidation sites excluding steroid dienone is 1. The third kappa shape index (κ3) is 3.16. The fourth-order valence-electron chi connectivity index (χ4n) is 2.32. The minimum Gasteiger partial charge on any atom is -0.345 e. The molecule has 0 N–H and O–H groups in total. The molecule has 5 heteroatoms. The first kappa shape index (κ1) is 15.1.